The Bertz CT molecular complexity index is 806. The van der Waals surface area contributed by atoms with Crippen LogP contribution in [0.3, 0.4) is 0 Å². The Kier molecular flexibility index (Phi) is 5.94. The molecule has 156 valence electrons. The first-order valence-electron chi connectivity index (χ1n) is 10.4. The van der Waals surface area contributed by atoms with Gasteiger partial charge < -0.3 is 15.5 Å². The molecular formula is C21H29N5O3. The average Bonchev–Trinajstić information content (AvgIpc) is 3.04. The number of imide groups is 1. The van der Waals surface area contributed by atoms with Gasteiger partial charge in [-0.1, -0.05) is 12.1 Å². The van der Waals surface area contributed by atoms with Crippen LogP contribution >= 0.6 is 0 Å². The number of carbonyl (C=O) groups excluding carboxylic acids is 3. The van der Waals surface area contributed by atoms with Gasteiger partial charge in [0.1, 0.15) is 6.04 Å². The molecule has 0 saturated carbocycles. The van der Waals surface area contributed by atoms with Crippen LogP contribution in [0.4, 0.5) is 0 Å². The van der Waals surface area contributed by atoms with Crippen LogP contribution in [0.1, 0.15) is 41.3 Å². The molecule has 4 rings (SSSR count). The quantitative estimate of drug-likeness (QED) is 0.575. The maximum Gasteiger partial charge on any atom is 0.255 e. The lowest BCUT2D eigenvalue weighted by Gasteiger charge is -2.32. The molecule has 2 atom stereocenters. The third-order valence-electron chi connectivity index (χ3n) is 6.14. The van der Waals surface area contributed by atoms with Crippen LogP contribution in [0, 0.1) is 0 Å². The minimum Gasteiger partial charge on any atom is -0.322 e. The molecule has 2 saturated heterocycles. The second-order valence-electron chi connectivity index (χ2n) is 8.16. The lowest BCUT2D eigenvalue weighted by Crippen LogP contribution is -2.52. The van der Waals surface area contributed by atoms with Crippen molar-refractivity contribution in [2.45, 2.75) is 44.9 Å². The molecule has 0 radical (unpaired) electrons. The van der Waals surface area contributed by atoms with E-state index in [1.54, 1.807) is 4.90 Å². The molecule has 0 aliphatic carbocycles. The van der Waals surface area contributed by atoms with Crippen LogP contribution in [0.5, 0.6) is 0 Å². The van der Waals surface area contributed by atoms with Crippen LogP contribution < -0.4 is 16.0 Å². The van der Waals surface area contributed by atoms with Crippen molar-refractivity contribution >= 4 is 17.7 Å². The average molecular weight is 399 g/mol. The summed E-state index contributed by atoms with van der Waals surface area (Å²) >= 11 is 0. The fraction of sp³-hybridized carbons (Fsp3) is 0.571. The fourth-order valence-corrected chi connectivity index (χ4v) is 4.39. The number of piperazine rings is 1. The van der Waals surface area contributed by atoms with E-state index in [2.05, 4.69) is 27.8 Å². The van der Waals surface area contributed by atoms with Crippen molar-refractivity contribution in [2.75, 3.05) is 32.7 Å². The van der Waals surface area contributed by atoms with Gasteiger partial charge in [-0.05, 0) is 30.5 Å². The summed E-state index contributed by atoms with van der Waals surface area (Å²) in [5.41, 5.74) is 2.68. The molecule has 3 amide bonds. The van der Waals surface area contributed by atoms with Crippen LogP contribution in [0.25, 0.3) is 0 Å². The minimum absolute atomic E-state index is 0.120. The normalized spacial score (nSPS) is 23.8. The minimum atomic E-state index is -0.561. The summed E-state index contributed by atoms with van der Waals surface area (Å²) in [4.78, 5) is 40.5. The van der Waals surface area contributed by atoms with Gasteiger partial charge >= 0.3 is 0 Å². The topological polar surface area (TPSA) is 93.8 Å². The van der Waals surface area contributed by atoms with Gasteiger partial charge in [-0.2, -0.15) is 0 Å². The molecule has 0 spiro atoms. The zero-order valence-corrected chi connectivity index (χ0v) is 16.9. The Balaban J connectivity index is 1.34. The Labute approximate surface area is 171 Å². The third-order valence-corrected chi connectivity index (χ3v) is 6.14. The van der Waals surface area contributed by atoms with Crippen molar-refractivity contribution in [3.8, 4) is 0 Å². The van der Waals surface area contributed by atoms with E-state index in [9.17, 15) is 14.4 Å². The molecule has 0 bridgehead atoms. The van der Waals surface area contributed by atoms with E-state index in [0.29, 0.717) is 31.1 Å². The number of nitrogens with one attached hydrogen (secondary N) is 3. The molecule has 29 heavy (non-hydrogen) atoms. The molecule has 1 aromatic carbocycles. The Morgan fingerprint density at radius 1 is 1.21 bits per heavy atom. The van der Waals surface area contributed by atoms with Gasteiger partial charge in [-0.25, -0.2) is 0 Å². The maximum absolute atomic E-state index is 12.9. The summed E-state index contributed by atoms with van der Waals surface area (Å²) in [5, 5.41) is 9.22. The lowest BCUT2D eigenvalue weighted by atomic mass is 10.0. The first-order chi connectivity index (χ1) is 14.0. The highest BCUT2D eigenvalue weighted by atomic mass is 16.2. The Morgan fingerprint density at radius 2 is 2.00 bits per heavy atom. The highest BCUT2D eigenvalue weighted by Crippen LogP contribution is 2.28. The van der Waals surface area contributed by atoms with Crippen LogP contribution in [-0.4, -0.2) is 72.3 Å². The molecule has 0 aromatic heterocycles. The van der Waals surface area contributed by atoms with Gasteiger partial charge in [-0.3, -0.25) is 24.6 Å². The van der Waals surface area contributed by atoms with E-state index in [4.69, 9.17) is 0 Å². The molecule has 2 unspecified atom stereocenters. The van der Waals surface area contributed by atoms with E-state index in [0.717, 1.165) is 43.9 Å². The van der Waals surface area contributed by atoms with Gasteiger partial charge in [0, 0.05) is 63.8 Å². The molecule has 8 heteroatoms. The van der Waals surface area contributed by atoms with E-state index >= 15 is 0 Å². The van der Waals surface area contributed by atoms with Crippen molar-refractivity contribution in [2.24, 2.45) is 0 Å². The Morgan fingerprint density at radius 3 is 2.76 bits per heavy atom. The molecule has 3 aliphatic heterocycles. The van der Waals surface area contributed by atoms with Crippen molar-refractivity contribution < 1.29 is 14.4 Å². The van der Waals surface area contributed by atoms with E-state index < -0.39 is 6.04 Å². The van der Waals surface area contributed by atoms with Crippen LogP contribution in [-0.2, 0) is 22.7 Å². The summed E-state index contributed by atoms with van der Waals surface area (Å²) in [6.07, 6.45) is 0.666. The SMILES string of the molecule is CC(CNCc1ccc2c(c1)C(=O)N(C1CCC(=O)NC1=O)C2)N1CCNCC1. The van der Waals surface area contributed by atoms with Gasteiger partial charge in [-0.15, -0.1) is 0 Å². The van der Waals surface area contributed by atoms with Crippen molar-refractivity contribution in [3.05, 3.63) is 34.9 Å². The van der Waals surface area contributed by atoms with Crippen molar-refractivity contribution in [1.82, 2.24) is 25.8 Å². The summed E-state index contributed by atoms with van der Waals surface area (Å²) in [6.45, 7) is 8.50. The Hall–Kier alpha value is -2.29. The van der Waals surface area contributed by atoms with E-state index in [-0.39, 0.29) is 24.1 Å². The third kappa shape index (κ3) is 4.34. The highest BCUT2D eigenvalue weighted by Gasteiger charge is 2.39. The first kappa shape index (κ1) is 20.0. The van der Waals surface area contributed by atoms with Crippen LogP contribution in [0.2, 0.25) is 0 Å². The summed E-state index contributed by atoms with van der Waals surface area (Å²) in [5.74, 6) is -0.754. The zero-order chi connectivity index (χ0) is 20.4. The number of piperidine rings is 1. The zero-order valence-electron chi connectivity index (χ0n) is 16.9. The van der Waals surface area contributed by atoms with Crippen molar-refractivity contribution in [1.29, 1.82) is 0 Å². The monoisotopic (exact) mass is 399 g/mol. The second kappa shape index (κ2) is 8.61. The predicted molar refractivity (Wildman–Crippen MR) is 108 cm³/mol. The summed E-state index contributed by atoms with van der Waals surface area (Å²) in [7, 11) is 0. The summed E-state index contributed by atoms with van der Waals surface area (Å²) < 4.78 is 0. The highest BCUT2D eigenvalue weighted by molar-refractivity contribution is 6.05. The molecule has 3 heterocycles. The number of carbonyl (C=O) groups is 3. The summed E-state index contributed by atoms with van der Waals surface area (Å²) in [6, 6.07) is 5.87. The van der Waals surface area contributed by atoms with Gasteiger partial charge in [0.2, 0.25) is 11.8 Å². The number of nitrogens with zero attached hydrogens (tertiary/aromatic N) is 2. The van der Waals surface area contributed by atoms with Crippen LogP contribution in [0.15, 0.2) is 18.2 Å². The molecule has 1 aromatic rings. The molecule has 3 aliphatic rings. The van der Waals surface area contributed by atoms with Gasteiger partial charge in [0.05, 0.1) is 0 Å². The standard InChI is InChI=1S/C21H29N5O3/c1-14(25-8-6-22-7-9-25)11-23-12-15-2-3-16-13-26(21(29)17(16)10-15)18-4-5-19(27)24-20(18)28/h2-3,10,14,18,22-23H,4-9,11-13H2,1H3,(H,24,27,28). The smallest absolute Gasteiger partial charge is 0.255 e. The molecular weight excluding hydrogens is 370 g/mol. The molecule has 3 N–H and O–H groups in total. The van der Waals surface area contributed by atoms with E-state index in [1.165, 1.54) is 0 Å². The number of rotatable bonds is 6. The molecule has 8 nitrogen and oxygen atoms in total. The molecule has 2 fully saturated rings. The number of hydrogen-bond acceptors (Lipinski definition) is 6. The first-order valence-corrected chi connectivity index (χ1v) is 10.4. The van der Waals surface area contributed by atoms with Crippen molar-refractivity contribution in [3.63, 3.8) is 0 Å². The second-order valence-corrected chi connectivity index (χ2v) is 8.16. The van der Waals surface area contributed by atoms with Gasteiger partial charge in [0.15, 0.2) is 0 Å². The number of fused-ring (bicyclic) bond motifs is 1. The largest absolute Gasteiger partial charge is 0.322 e. The number of amides is 3. The number of hydrogen-bond donors (Lipinski definition) is 3. The fourth-order valence-electron chi connectivity index (χ4n) is 4.39. The number of benzene rings is 1. The van der Waals surface area contributed by atoms with E-state index in [1.807, 2.05) is 18.2 Å². The van der Waals surface area contributed by atoms with Gasteiger partial charge in [0.25, 0.3) is 5.91 Å². The predicted octanol–water partition coefficient (Wildman–Crippen LogP) is -0.169. The maximum atomic E-state index is 12.9. The lowest BCUT2D eigenvalue weighted by molar-refractivity contribution is -0.136.